The second-order valence-corrected chi connectivity index (χ2v) is 7.72. The van der Waals surface area contributed by atoms with Gasteiger partial charge >= 0.3 is 0 Å². The number of carbonyl (C=O) groups is 2. The molecule has 30 heavy (non-hydrogen) atoms. The lowest BCUT2D eigenvalue weighted by molar-refractivity contribution is -0.123. The molecule has 3 N–H and O–H groups in total. The average Bonchev–Trinajstić information content (AvgIpc) is 3.39. The molecule has 0 bridgehead atoms. The van der Waals surface area contributed by atoms with Gasteiger partial charge in [0.15, 0.2) is 5.76 Å². The van der Waals surface area contributed by atoms with Crippen LogP contribution in [0, 0.1) is 5.92 Å². The Morgan fingerprint density at radius 3 is 2.63 bits per heavy atom. The number of aromatic nitrogens is 3. The molecule has 0 aliphatic carbocycles. The van der Waals surface area contributed by atoms with E-state index < -0.39 is 6.04 Å². The molecular formula is C21H24ClN5O3. The number of carbonyl (C=O) groups excluding carboxylic acids is 2. The Hall–Kier alpha value is -3.13. The molecule has 2 heterocycles. The molecule has 0 saturated carbocycles. The van der Waals surface area contributed by atoms with Crippen molar-refractivity contribution in [2.45, 2.75) is 32.7 Å². The standard InChI is InChI=1S/C21H24ClN5O3/c1-13(2)12-16(24-20(28)14-5-7-15(22)8-6-14)21(29)23-10-9-18-25-19(27-26-18)17-4-3-11-30-17/h3-8,11,13,16H,9-10,12H2,1-2H3,(H,23,29)(H,24,28)(H,25,26,27). The van der Waals surface area contributed by atoms with Gasteiger partial charge in [-0.3, -0.25) is 14.7 Å². The number of nitrogens with zero attached hydrogens (tertiary/aromatic N) is 2. The van der Waals surface area contributed by atoms with Crippen molar-refractivity contribution in [1.82, 2.24) is 25.8 Å². The first kappa shape index (κ1) is 21.6. The molecule has 8 nitrogen and oxygen atoms in total. The summed E-state index contributed by atoms with van der Waals surface area (Å²) >= 11 is 5.87. The zero-order chi connectivity index (χ0) is 21.5. The van der Waals surface area contributed by atoms with E-state index in [1.807, 2.05) is 13.8 Å². The molecular weight excluding hydrogens is 406 g/mol. The molecule has 1 unspecified atom stereocenters. The van der Waals surface area contributed by atoms with Crippen LogP contribution in [-0.4, -0.2) is 39.6 Å². The van der Waals surface area contributed by atoms with Crippen molar-refractivity contribution < 1.29 is 14.0 Å². The predicted molar refractivity (Wildman–Crippen MR) is 113 cm³/mol. The van der Waals surface area contributed by atoms with Crippen LogP contribution in [0.5, 0.6) is 0 Å². The minimum atomic E-state index is -0.637. The van der Waals surface area contributed by atoms with Crippen LogP contribution in [0.2, 0.25) is 5.02 Å². The zero-order valence-corrected chi connectivity index (χ0v) is 17.6. The number of hydrogen-bond donors (Lipinski definition) is 3. The van der Waals surface area contributed by atoms with Crippen LogP contribution in [-0.2, 0) is 11.2 Å². The van der Waals surface area contributed by atoms with E-state index in [4.69, 9.17) is 16.0 Å². The summed E-state index contributed by atoms with van der Waals surface area (Å²) in [7, 11) is 0. The van der Waals surface area contributed by atoms with Crippen LogP contribution in [0.3, 0.4) is 0 Å². The summed E-state index contributed by atoms with van der Waals surface area (Å²) in [5.74, 6) is 1.35. The fraction of sp³-hybridized carbons (Fsp3) is 0.333. The SMILES string of the molecule is CC(C)CC(NC(=O)c1ccc(Cl)cc1)C(=O)NCCc1nc(-c2ccco2)n[nH]1. The third-order valence-corrected chi connectivity index (χ3v) is 4.62. The van der Waals surface area contributed by atoms with E-state index in [0.717, 1.165) is 0 Å². The molecule has 3 aromatic rings. The summed E-state index contributed by atoms with van der Waals surface area (Å²) in [4.78, 5) is 29.5. The Morgan fingerprint density at radius 2 is 1.97 bits per heavy atom. The topological polar surface area (TPSA) is 113 Å². The van der Waals surface area contributed by atoms with Crippen molar-refractivity contribution in [3.63, 3.8) is 0 Å². The molecule has 9 heteroatoms. The maximum atomic E-state index is 12.7. The number of halogens is 1. The average molecular weight is 430 g/mol. The first-order chi connectivity index (χ1) is 14.4. The van der Waals surface area contributed by atoms with Crippen molar-refractivity contribution in [2.75, 3.05) is 6.54 Å². The molecule has 3 rings (SSSR count). The summed E-state index contributed by atoms with van der Waals surface area (Å²) in [5, 5.41) is 13.2. The van der Waals surface area contributed by atoms with Crippen molar-refractivity contribution in [1.29, 1.82) is 0 Å². The molecule has 0 aliphatic rings. The van der Waals surface area contributed by atoms with Gasteiger partial charge in [-0.25, -0.2) is 4.98 Å². The highest BCUT2D eigenvalue weighted by Gasteiger charge is 2.22. The monoisotopic (exact) mass is 429 g/mol. The lowest BCUT2D eigenvalue weighted by Gasteiger charge is -2.20. The maximum Gasteiger partial charge on any atom is 0.251 e. The van der Waals surface area contributed by atoms with Gasteiger partial charge in [-0.15, -0.1) is 0 Å². The summed E-state index contributed by atoms with van der Waals surface area (Å²) in [6.07, 6.45) is 2.55. The highest BCUT2D eigenvalue weighted by atomic mass is 35.5. The smallest absolute Gasteiger partial charge is 0.251 e. The highest BCUT2D eigenvalue weighted by molar-refractivity contribution is 6.30. The lowest BCUT2D eigenvalue weighted by Crippen LogP contribution is -2.47. The van der Waals surface area contributed by atoms with E-state index in [9.17, 15) is 9.59 Å². The molecule has 1 atom stereocenters. The minimum absolute atomic E-state index is 0.233. The molecule has 0 fully saturated rings. The Bertz CT molecular complexity index is 967. The van der Waals surface area contributed by atoms with Gasteiger partial charge in [0.05, 0.1) is 6.26 Å². The summed E-state index contributed by atoms with van der Waals surface area (Å²) in [6.45, 7) is 4.36. The lowest BCUT2D eigenvalue weighted by atomic mass is 10.0. The van der Waals surface area contributed by atoms with Gasteiger partial charge in [0.2, 0.25) is 11.7 Å². The van der Waals surface area contributed by atoms with Crippen molar-refractivity contribution in [2.24, 2.45) is 5.92 Å². The van der Waals surface area contributed by atoms with Crippen LogP contribution in [0.25, 0.3) is 11.6 Å². The van der Waals surface area contributed by atoms with Gasteiger partial charge in [-0.2, -0.15) is 5.10 Å². The third-order valence-electron chi connectivity index (χ3n) is 4.37. The van der Waals surface area contributed by atoms with E-state index in [1.165, 1.54) is 0 Å². The second kappa shape index (κ2) is 10.1. The Labute approximate surface area is 179 Å². The van der Waals surface area contributed by atoms with E-state index in [-0.39, 0.29) is 17.7 Å². The van der Waals surface area contributed by atoms with Gasteiger partial charge in [0.1, 0.15) is 11.9 Å². The number of nitrogens with one attached hydrogen (secondary N) is 3. The molecule has 0 aliphatic heterocycles. The van der Waals surface area contributed by atoms with Crippen LogP contribution in [0.1, 0.15) is 36.5 Å². The number of H-pyrrole nitrogens is 1. The molecule has 0 spiro atoms. The Kier molecular flexibility index (Phi) is 7.24. The molecule has 2 amide bonds. The summed E-state index contributed by atoms with van der Waals surface area (Å²) < 4.78 is 5.26. The van der Waals surface area contributed by atoms with E-state index in [2.05, 4.69) is 25.8 Å². The summed E-state index contributed by atoms with van der Waals surface area (Å²) in [5.41, 5.74) is 0.452. The van der Waals surface area contributed by atoms with Gasteiger partial charge in [0, 0.05) is 23.6 Å². The Morgan fingerprint density at radius 1 is 1.20 bits per heavy atom. The summed E-state index contributed by atoms with van der Waals surface area (Å²) in [6, 6.07) is 9.44. The second-order valence-electron chi connectivity index (χ2n) is 7.29. The quantitative estimate of drug-likeness (QED) is 0.483. The van der Waals surface area contributed by atoms with E-state index in [0.29, 0.717) is 47.4 Å². The highest BCUT2D eigenvalue weighted by Crippen LogP contribution is 2.14. The maximum absolute atomic E-state index is 12.7. The first-order valence-electron chi connectivity index (χ1n) is 9.71. The molecule has 1 aromatic carbocycles. The molecule has 0 radical (unpaired) electrons. The number of amides is 2. The largest absolute Gasteiger partial charge is 0.461 e. The van der Waals surface area contributed by atoms with Crippen molar-refractivity contribution >= 4 is 23.4 Å². The molecule has 0 saturated heterocycles. The fourth-order valence-electron chi connectivity index (χ4n) is 2.90. The van der Waals surface area contributed by atoms with Crippen molar-refractivity contribution in [3.8, 4) is 11.6 Å². The van der Waals surface area contributed by atoms with Gasteiger partial charge in [0.25, 0.3) is 5.91 Å². The van der Waals surface area contributed by atoms with Gasteiger partial charge in [-0.05, 0) is 48.7 Å². The number of benzene rings is 1. The van der Waals surface area contributed by atoms with E-state index >= 15 is 0 Å². The van der Waals surface area contributed by atoms with Crippen LogP contribution < -0.4 is 10.6 Å². The third kappa shape index (κ3) is 5.93. The number of furan rings is 1. The van der Waals surface area contributed by atoms with Crippen LogP contribution >= 0.6 is 11.6 Å². The van der Waals surface area contributed by atoms with E-state index in [1.54, 1.807) is 42.7 Å². The normalized spacial score (nSPS) is 12.0. The van der Waals surface area contributed by atoms with Crippen molar-refractivity contribution in [3.05, 3.63) is 59.1 Å². The van der Waals surface area contributed by atoms with Gasteiger partial charge < -0.3 is 15.1 Å². The van der Waals surface area contributed by atoms with Crippen LogP contribution in [0.4, 0.5) is 0 Å². The molecule has 158 valence electrons. The number of hydrogen-bond acceptors (Lipinski definition) is 5. The number of rotatable bonds is 9. The first-order valence-corrected chi connectivity index (χ1v) is 10.1. The molecule has 2 aromatic heterocycles. The van der Waals surface area contributed by atoms with Gasteiger partial charge in [-0.1, -0.05) is 25.4 Å². The number of aromatic amines is 1. The van der Waals surface area contributed by atoms with Crippen LogP contribution in [0.15, 0.2) is 47.1 Å². The Balaban J connectivity index is 1.54. The fourth-order valence-corrected chi connectivity index (χ4v) is 3.02. The predicted octanol–water partition coefficient (Wildman–Crippen LogP) is 3.22. The zero-order valence-electron chi connectivity index (χ0n) is 16.8. The minimum Gasteiger partial charge on any atom is -0.461 e.